The van der Waals surface area contributed by atoms with Gasteiger partial charge in [-0.25, -0.2) is 9.59 Å². The van der Waals surface area contributed by atoms with Gasteiger partial charge in [0.05, 0.1) is 6.42 Å². The number of carbonyl (C=O) groups is 5. The Labute approximate surface area is 316 Å². The summed E-state index contributed by atoms with van der Waals surface area (Å²) in [5.41, 5.74) is 1.74. The van der Waals surface area contributed by atoms with Gasteiger partial charge in [0.2, 0.25) is 29.9 Å². The second-order valence-electron chi connectivity index (χ2n) is 15.0. The number of nitrogens with one attached hydrogen (secondary N) is 5. The minimum absolute atomic E-state index is 0.0178. The van der Waals surface area contributed by atoms with Crippen molar-refractivity contribution in [1.82, 2.24) is 25.8 Å². The highest BCUT2D eigenvalue weighted by Gasteiger charge is 2.31. The molecule has 2 aromatic rings. The molecule has 292 valence electrons. The number of hydrogen-bond acceptors (Lipinski definition) is 9. The number of aliphatic imine (C=N–C) groups is 1. The Balaban J connectivity index is 1.53. The van der Waals surface area contributed by atoms with Crippen LogP contribution in [-0.4, -0.2) is 113 Å². The van der Waals surface area contributed by atoms with Crippen LogP contribution in [0, 0.1) is 22.8 Å². The van der Waals surface area contributed by atoms with Gasteiger partial charge in [-0.1, -0.05) is 65.0 Å². The molecule has 0 bridgehead atoms. The molecule has 0 aliphatic carbocycles. The fraction of sp³-hybridized carbons (Fsp3) is 0.500. The smallest absolute Gasteiger partial charge is 0.327 e. The third-order valence-corrected chi connectivity index (χ3v) is 8.42. The summed E-state index contributed by atoms with van der Waals surface area (Å²) in [6.07, 6.45) is 2.21. The molecule has 7 N–H and O–H groups in total. The zero-order valence-corrected chi connectivity index (χ0v) is 31.6. The van der Waals surface area contributed by atoms with Crippen molar-refractivity contribution < 1.29 is 34.2 Å². The maximum atomic E-state index is 13.4. The van der Waals surface area contributed by atoms with Crippen molar-refractivity contribution >= 4 is 47.0 Å². The second-order valence-corrected chi connectivity index (χ2v) is 15.0. The lowest BCUT2D eigenvalue weighted by Gasteiger charge is -2.37. The molecule has 3 unspecified atom stereocenters. The van der Waals surface area contributed by atoms with Crippen molar-refractivity contribution in [2.45, 2.75) is 72.0 Å². The van der Waals surface area contributed by atoms with Gasteiger partial charge < -0.3 is 36.8 Å². The number of amides is 3. The molecule has 1 aliphatic rings. The first-order chi connectivity index (χ1) is 25.5. The van der Waals surface area contributed by atoms with Crippen molar-refractivity contribution in [3.63, 3.8) is 0 Å². The number of hydrogen-bond donors (Lipinski definition) is 7. The number of para-hydroxylation sites is 1. The average molecular weight is 748 g/mol. The number of guanidine groups is 1. The summed E-state index contributed by atoms with van der Waals surface area (Å²) in [6.45, 7) is 11.4. The molecule has 1 heterocycles. The van der Waals surface area contributed by atoms with Gasteiger partial charge in [-0.05, 0) is 47.6 Å². The van der Waals surface area contributed by atoms with Crippen LogP contribution in [0.1, 0.15) is 53.0 Å². The molecule has 1 aliphatic heterocycles. The molecule has 16 heteroatoms. The van der Waals surface area contributed by atoms with Crippen LogP contribution in [0.5, 0.6) is 0 Å². The molecule has 0 spiro atoms. The Hall–Kier alpha value is -5.53. The van der Waals surface area contributed by atoms with Crippen LogP contribution < -0.4 is 26.6 Å². The molecule has 3 amide bonds. The van der Waals surface area contributed by atoms with Crippen molar-refractivity contribution in [3.05, 3.63) is 60.2 Å². The van der Waals surface area contributed by atoms with Crippen LogP contribution in [0.3, 0.4) is 0 Å². The summed E-state index contributed by atoms with van der Waals surface area (Å²) in [6, 6.07) is 12.9. The zero-order valence-electron chi connectivity index (χ0n) is 31.6. The van der Waals surface area contributed by atoms with Crippen LogP contribution in [0.2, 0.25) is 0 Å². The number of rotatable bonds is 17. The van der Waals surface area contributed by atoms with Gasteiger partial charge in [-0.3, -0.25) is 24.2 Å². The van der Waals surface area contributed by atoms with Crippen molar-refractivity contribution in [2.24, 2.45) is 16.3 Å². The van der Waals surface area contributed by atoms with E-state index in [4.69, 9.17) is 5.26 Å². The highest BCUT2D eigenvalue weighted by atomic mass is 16.4. The van der Waals surface area contributed by atoms with E-state index in [0.717, 1.165) is 5.69 Å². The summed E-state index contributed by atoms with van der Waals surface area (Å²) in [4.78, 5) is 70.5. The maximum Gasteiger partial charge on any atom is 0.327 e. The number of nitrogens with zero attached hydrogens (tertiary/aromatic N) is 4. The molecule has 54 heavy (non-hydrogen) atoms. The molecular weight excluding hydrogens is 694 g/mol. The number of piperazine rings is 1. The van der Waals surface area contributed by atoms with Crippen LogP contribution in [0.4, 0.5) is 11.4 Å². The first kappa shape index (κ1) is 42.9. The van der Waals surface area contributed by atoms with Gasteiger partial charge in [-0.2, -0.15) is 5.26 Å². The molecule has 3 rings (SSSR count). The van der Waals surface area contributed by atoms with Gasteiger partial charge in [0.1, 0.15) is 18.1 Å². The van der Waals surface area contributed by atoms with E-state index in [0.29, 0.717) is 37.4 Å². The minimum Gasteiger partial charge on any atom is -0.480 e. The number of aliphatic carboxylic acids is 2. The van der Waals surface area contributed by atoms with Gasteiger partial charge in [0.25, 0.3) is 0 Å². The number of carboxylic acid groups (broad SMARTS) is 2. The van der Waals surface area contributed by atoms with E-state index < -0.39 is 41.9 Å². The van der Waals surface area contributed by atoms with E-state index >= 15 is 0 Å². The van der Waals surface area contributed by atoms with Gasteiger partial charge in [-0.15, -0.1) is 4.99 Å². The monoisotopic (exact) mass is 747 g/mol. The topological polar surface area (TPSA) is 229 Å². The predicted molar refractivity (Wildman–Crippen MR) is 204 cm³/mol. The number of anilines is 2. The third-order valence-electron chi connectivity index (χ3n) is 8.42. The molecule has 1 saturated heterocycles. The van der Waals surface area contributed by atoms with E-state index in [1.165, 1.54) is 0 Å². The normalized spacial score (nSPS) is 15.6. The summed E-state index contributed by atoms with van der Waals surface area (Å²) in [5, 5.41) is 42.8. The lowest BCUT2D eigenvalue weighted by Crippen LogP contribution is -2.58. The Morgan fingerprint density at radius 3 is 1.74 bits per heavy atom. The number of carbonyl (C=O) groups excluding carboxylic acids is 3. The number of benzene rings is 2. The van der Waals surface area contributed by atoms with E-state index in [-0.39, 0.29) is 55.6 Å². The van der Waals surface area contributed by atoms with E-state index in [1.807, 2.05) is 74.8 Å². The lowest BCUT2D eigenvalue weighted by molar-refractivity contribution is -0.143. The standard InChI is InChI=1S/C38H53N9O7/c1-25(2)19-29(43-32(48)20-26-11-13-28(14-12-26)42-37(40-24-39)41-27-9-7-6-8-10-27)34(50)45-31(36(53)54)23-47-17-15-46(16-18-47)22-30(35(51)52)44-33(49)21-38(3,4)5/h6-14,25,29-31H,15-23H2,1-5H3,(H,43,48)(H,44,49)(H,45,50)(H,51,52)(H,53,54)(H2,40,41,42). The van der Waals surface area contributed by atoms with E-state index in [9.17, 15) is 34.2 Å². The largest absolute Gasteiger partial charge is 0.480 e. The summed E-state index contributed by atoms with van der Waals surface area (Å²) >= 11 is 0. The fourth-order valence-corrected chi connectivity index (χ4v) is 5.81. The maximum absolute atomic E-state index is 13.4. The predicted octanol–water partition coefficient (Wildman–Crippen LogP) is 2.31. The van der Waals surface area contributed by atoms with Gasteiger partial charge in [0.15, 0.2) is 0 Å². The summed E-state index contributed by atoms with van der Waals surface area (Å²) in [5.74, 6) is -3.46. The Morgan fingerprint density at radius 1 is 0.759 bits per heavy atom. The Bertz CT molecular complexity index is 1650. The molecule has 2 aromatic carbocycles. The zero-order chi connectivity index (χ0) is 39.8. The van der Waals surface area contributed by atoms with Crippen molar-refractivity contribution in [3.8, 4) is 6.19 Å². The van der Waals surface area contributed by atoms with E-state index in [1.54, 1.807) is 30.5 Å². The molecular formula is C38H53N9O7. The Kier molecular flexibility index (Phi) is 16.4. The Morgan fingerprint density at radius 2 is 1.26 bits per heavy atom. The average Bonchev–Trinajstić information content (AvgIpc) is 3.08. The number of carboxylic acids is 2. The van der Waals surface area contributed by atoms with Crippen molar-refractivity contribution in [2.75, 3.05) is 49.9 Å². The fourth-order valence-electron chi connectivity index (χ4n) is 5.81. The quantitative estimate of drug-likeness (QED) is 0.0703. The van der Waals surface area contributed by atoms with Crippen LogP contribution in [0.25, 0.3) is 0 Å². The third kappa shape index (κ3) is 15.6. The van der Waals surface area contributed by atoms with Gasteiger partial charge in [0, 0.05) is 57.1 Å². The SMILES string of the molecule is CC(C)CC(NC(=O)Cc1ccc(NC(=NC#N)Nc2ccccc2)cc1)C(=O)NC(CN1CCN(CC(NC(=O)CC(C)(C)C)C(=O)O)CC1)C(=O)O. The molecule has 16 nitrogen and oxygen atoms in total. The first-order valence-corrected chi connectivity index (χ1v) is 18.0. The second kappa shape index (κ2) is 20.6. The minimum atomic E-state index is -1.25. The van der Waals surface area contributed by atoms with E-state index in [2.05, 4.69) is 31.6 Å². The van der Waals surface area contributed by atoms with Crippen LogP contribution >= 0.6 is 0 Å². The molecule has 0 aromatic heterocycles. The highest BCUT2D eigenvalue weighted by Crippen LogP contribution is 2.18. The molecule has 0 radical (unpaired) electrons. The molecule has 1 fully saturated rings. The van der Waals surface area contributed by atoms with Crippen LogP contribution in [0.15, 0.2) is 59.6 Å². The highest BCUT2D eigenvalue weighted by molar-refractivity contribution is 6.04. The summed E-state index contributed by atoms with van der Waals surface area (Å²) < 4.78 is 0. The molecule has 3 atom stereocenters. The first-order valence-electron chi connectivity index (χ1n) is 18.0. The summed E-state index contributed by atoms with van der Waals surface area (Å²) in [7, 11) is 0. The number of nitriles is 1. The molecule has 0 saturated carbocycles. The van der Waals surface area contributed by atoms with Gasteiger partial charge >= 0.3 is 11.9 Å². The van der Waals surface area contributed by atoms with Crippen molar-refractivity contribution in [1.29, 1.82) is 5.26 Å². The lowest BCUT2D eigenvalue weighted by atomic mass is 9.92. The van der Waals surface area contributed by atoms with Crippen LogP contribution in [-0.2, 0) is 30.4 Å².